The Balaban J connectivity index is 0.000000198. The molecule has 0 bridgehead atoms. The average molecular weight is 1160 g/mol. The normalized spacial score (nSPS) is 31.9. The van der Waals surface area contributed by atoms with Crippen molar-refractivity contribution in [1.82, 2.24) is 0 Å². The van der Waals surface area contributed by atoms with Crippen LogP contribution < -0.4 is 20.3 Å². The molecule has 0 aliphatic carbocycles. The summed E-state index contributed by atoms with van der Waals surface area (Å²) in [7, 11) is 0. The lowest BCUT2D eigenvalue weighted by atomic mass is 9.99. The summed E-state index contributed by atoms with van der Waals surface area (Å²) in [5.74, 6) is -3.11. The molecule has 30 nitrogen and oxygen atoms in total. The molecule has 10 rings (SSSR count). The van der Waals surface area contributed by atoms with E-state index in [0.29, 0.717) is 0 Å². The fourth-order valence-electron chi connectivity index (χ4n) is 9.08. The Morgan fingerprint density at radius 2 is 0.829 bits per heavy atom. The number of aliphatic hydroxyl groups excluding tert-OH is 10. The molecule has 0 saturated carbocycles. The number of ether oxygens (including phenoxy) is 8. The zero-order valence-electron chi connectivity index (χ0n) is 42.2. The molecule has 4 aliphatic heterocycles. The molecule has 4 saturated heterocycles. The van der Waals surface area contributed by atoms with E-state index in [9.17, 15) is 102 Å². The van der Waals surface area contributed by atoms with Crippen LogP contribution in [0.5, 0.6) is 46.0 Å². The van der Waals surface area contributed by atoms with E-state index >= 15 is 0 Å². The minimum atomic E-state index is -1.95. The summed E-state index contributed by atoms with van der Waals surface area (Å²) in [6.07, 6.45) is -22.5. The second kappa shape index (κ2) is 23.7. The second-order valence-corrected chi connectivity index (χ2v) is 19.7. The summed E-state index contributed by atoms with van der Waals surface area (Å²) in [4.78, 5) is 25.4. The van der Waals surface area contributed by atoms with Gasteiger partial charge in [0.05, 0.1) is 39.6 Å². The van der Waals surface area contributed by atoms with Gasteiger partial charge in [0.2, 0.25) is 12.6 Å². The summed E-state index contributed by atoms with van der Waals surface area (Å²) >= 11 is 0. The maximum Gasteiger partial charge on any atom is 0.229 e. The fourth-order valence-corrected chi connectivity index (χ4v) is 9.08. The van der Waals surface area contributed by atoms with Crippen molar-refractivity contribution >= 4 is 21.9 Å². The topological polar surface area (TPSA) is 498 Å². The summed E-state index contributed by atoms with van der Waals surface area (Å²) in [5, 5.41) is 181. The third-order valence-electron chi connectivity index (χ3n) is 13.9. The van der Waals surface area contributed by atoms with Gasteiger partial charge in [-0.15, -0.1) is 0 Å². The lowest BCUT2D eigenvalue weighted by Gasteiger charge is -2.40. The first-order valence-corrected chi connectivity index (χ1v) is 24.7. The first-order valence-electron chi connectivity index (χ1n) is 24.7. The molecule has 4 fully saturated rings. The van der Waals surface area contributed by atoms with Crippen LogP contribution in [0.3, 0.4) is 0 Å². The molecule has 0 radical (unpaired) electrons. The van der Waals surface area contributed by atoms with Crippen molar-refractivity contribution in [2.75, 3.05) is 39.6 Å². The van der Waals surface area contributed by atoms with Crippen LogP contribution in [0.25, 0.3) is 44.6 Å². The van der Waals surface area contributed by atoms with E-state index in [0.717, 1.165) is 24.3 Å². The van der Waals surface area contributed by atoms with Gasteiger partial charge in [-0.25, -0.2) is 0 Å². The van der Waals surface area contributed by atoms with Gasteiger partial charge < -0.3 is 139 Å². The summed E-state index contributed by atoms with van der Waals surface area (Å²) < 4.78 is 54.8. The van der Waals surface area contributed by atoms with E-state index < -0.39 is 171 Å². The molecule has 11 unspecified atom stereocenters. The van der Waals surface area contributed by atoms with Crippen LogP contribution in [-0.4, -0.2) is 229 Å². The number of hydrogen-bond donors (Lipinski definition) is 18. The highest BCUT2D eigenvalue weighted by molar-refractivity contribution is 5.87. The Kier molecular flexibility index (Phi) is 17.2. The smallest absolute Gasteiger partial charge is 0.229 e. The first kappa shape index (κ1) is 59.6. The Hall–Kier alpha value is -7.02. The van der Waals surface area contributed by atoms with E-state index in [-0.39, 0.29) is 67.6 Å². The van der Waals surface area contributed by atoms with Crippen molar-refractivity contribution < 1.29 is 139 Å². The lowest BCUT2D eigenvalue weighted by Crippen LogP contribution is -2.60. The Morgan fingerprint density at radius 1 is 0.451 bits per heavy atom. The van der Waals surface area contributed by atoms with E-state index in [1.165, 1.54) is 48.5 Å². The molecule has 82 heavy (non-hydrogen) atoms. The summed E-state index contributed by atoms with van der Waals surface area (Å²) in [6, 6.07) is 14.2. The predicted molar refractivity (Wildman–Crippen MR) is 268 cm³/mol. The highest BCUT2D eigenvalue weighted by Crippen LogP contribution is 2.38. The van der Waals surface area contributed by atoms with Gasteiger partial charge in [0, 0.05) is 47.5 Å². The highest BCUT2D eigenvalue weighted by atomic mass is 16.7. The van der Waals surface area contributed by atoms with Crippen LogP contribution in [0, 0.1) is 0 Å². The van der Waals surface area contributed by atoms with Gasteiger partial charge >= 0.3 is 0 Å². The third-order valence-corrected chi connectivity index (χ3v) is 13.9. The molecule has 18 N–H and O–H groups in total. The Bertz CT molecular complexity index is 3170. The number of fused-ring (bicyclic) bond motifs is 2. The van der Waals surface area contributed by atoms with Crippen molar-refractivity contribution in [3.63, 3.8) is 0 Å². The molecule has 0 amide bonds. The zero-order chi connectivity index (χ0) is 59.3. The number of aliphatic hydroxyl groups is 12. The second-order valence-electron chi connectivity index (χ2n) is 19.7. The van der Waals surface area contributed by atoms with Crippen LogP contribution in [0.1, 0.15) is 0 Å². The average Bonchev–Trinajstić information content (AvgIpc) is 4.05. The number of hydrogen-bond acceptors (Lipinski definition) is 30. The van der Waals surface area contributed by atoms with Gasteiger partial charge in [-0.05, 0) is 36.4 Å². The van der Waals surface area contributed by atoms with Crippen molar-refractivity contribution in [2.45, 2.75) is 97.4 Å². The maximum absolute atomic E-state index is 12.7. The lowest BCUT2D eigenvalue weighted by molar-refractivity contribution is -0.289. The molecular weight excluding hydrogens is 1100 g/mol. The minimum absolute atomic E-state index is 0.0107. The highest BCUT2D eigenvalue weighted by Gasteiger charge is 2.52. The van der Waals surface area contributed by atoms with Crippen LogP contribution in [0.2, 0.25) is 0 Å². The van der Waals surface area contributed by atoms with Crippen LogP contribution in [0.15, 0.2) is 91.2 Å². The minimum Gasteiger partial charge on any atom is -0.507 e. The molecule has 30 heteroatoms. The Labute approximate surface area is 458 Å². The van der Waals surface area contributed by atoms with Gasteiger partial charge in [-0.3, -0.25) is 9.59 Å². The van der Waals surface area contributed by atoms with Crippen LogP contribution in [-0.2, 0) is 28.4 Å². The zero-order valence-corrected chi connectivity index (χ0v) is 42.2. The molecule has 2 aromatic heterocycles. The van der Waals surface area contributed by atoms with Crippen LogP contribution in [0.4, 0.5) is 0 Å². The van der Waals surface area contributed by atoms with Gasteiger partial charge in [-0.2, -0.15) is 0 Å². The molecule has 6 heterocycles. The number of phenols is 6. The van der Waals surface area contributed by atoms with Gasteiger partial charge in [-0.1, -0.05) is 0 Å². The standard InChI is InChI=1S/2C26H28O15/c2*27-8-26(36)9-38-25(23(26)35)37-7-18-20(32)21(33)22(34)24(41-18)39-11-4-14(30)19-15(31)6-16(40-17(19)5-11)10-1-2-12(28)13(29)3-10/h2*1-6,18,20-25,27-30,32-36H,7-9H2/t18?,20-,21?,22-,23-,24-,25?,26+;/m0./s1. The molecular formula is C52H56O30. The molecule has 4 aromatic carbocycles. The number of benzene rings is 4. The molecule has 16 atom stereocenters. The molecule has 444 valence electrons. The van der Waals surface area contributed by atoms with Gasteiger partial charge in [0.25, 0.3) is 0 Å². The van der Waals surface area contributed by atoms with Crippen molar-refractivity contribution in [3.8, 4) is 68.6 Å². The largest absolute Gasteiger partial charge is 0.507 e. The predicted octanol–water partition coefficient (Wildman–Crippen LogP) is -3.56. The van der Waals surface area contributed by atoms with Gasteiger partial charge in [0.15, 0.2) is 46.4 Å². The number of phenolic OH excluding ortho intramolecular Hbond substituents is 6. The molecule has 6 aromatic rings. The van der Waals surface area contributed by atoms with Crippen molar-refractivity contribution in [1.29, 1.82) is 0 Å². The number of rotatable bonds is 14. The molecule has 0 spiro atoms. The van der Waals surface area contributed by atoms with E-state index in [4.69, 9.17) is 46.7 Å². The van der Waals surface area contributed by atoms with E-state index in [1.807, 2.05) is 0 Å². The SMILES string of the molecule is O=c1cc(-c2ccc(O)c(O)c2)oc2cc(OC3OC(COC4OCC(O)(CO)C4O)C(O)C(O)C3O)cc(O)c12.O=c1cc(-c2ccc(O)c(O)c2)oc2cc(O[C@H]3OC(COC4OC[C@](O)(CO)[C@H]4O)[C@H](O)C(O)[C@@H]3O)cc(O)c12. The quantitative estimate of drug-likeness (QED) is 0.0469. The van der Waals surface area contributed by atoms with Crippen LogP contribution >= 0.6 is 0 Å². The van der Waals surface area contributed by atoms with Gasteiger partial charge in [0.1, 0.15) is 129 Å². The molecule has 4 aliphatic rings. The summed E-state index contributed by atoms with van der Waals surface area (Å²) in [6.45, 7) is -3.45. The first-order chi connectivity index (χ1) is 38.8. The van der Waals surface area contributed by atoms with Crippen molar-refractivity contribution in [2.24, 2.45) is 0 Å². The monoisotopic (exact) mass is 1160 g/mol. The summed E-state index contributed by atoms with van der Waals surface area (Å²) in [5.41, 5.74) is -4.98. The van der Waals surface area contributed by atoms with Crippen molar-refractivity contribution in [3.05, 3.63) is 93.2 Å². The fraction of sp³-hybridized carbons (Fsp3) is 0.423. The third kappa shape index (κ3) is 11.8. The van der Waals surface area contributed by atoms with E-state index in [1.54, 1.807) is 0 Å². The number of aromatic hydroxyl groups is 6. The maximum atomic E-state index is 12.7. The Morgan fingerprint density at radius 3 is 1.17 bits per heavy atom. The van der Waals surface area contributed by atoms with E-state index in [2.05, 4.69) is 0 Å².